The second-order valence-electron chi connectivity index (χ2n) is 5.43. The number of thioether (sulfide) groups is 1. The molecule has 104 valence electrons. The van der Waals surface area contributed by atoms with Gasteiger partial charge in [0.25, 0.3) is 0 Å². The molecule has 1 aromatic rings. The summed E-state index contributed by atoms with van der Waals surface area (Å²) in [4.78, 5) is 16.9. The van der Waals surface area contributed by atoms with Crippen molar-refractivity contribution in [3.63, 3.8) is 0 Å². The van der Waals surface area contributed by atoms with Gasteiger partial charge in [0.2, 0.25) is 5.91 Å². The van der Waals surface area contributed by atoms with Crippen LogP contribution in [0.2, 0.25) is 0 Å². The Kier molecular flexibility index (Phi) is 4.47. The van der Waals surface area contributed by atoms with Gasteiger partial charge in [-0.1, -0.05) is 6.92 Å². The molecule has 0 aliphatic heterocycles. The number of aromatic nitrogens is 1. The number of nitrogens with two attached hydrogens (primary N) is 1. The second kappa shape index (κ2) is 5.92. The number of hydrogen-bond acceptors (Lipinski definition) is 4. The van der Waals surface area contributed by atoms with Crippen molar-refractivity contribution in [2.45, 2.75) is 54.8 Å². The Hall–Kier alpha value is -1.07. The second-order valence-corrected chi connectivity index (χ2v) is 6.94. The van der Waals surface area contributed by atoms with E-state index in [-0.39, 0.29) is 5.91 Å². The molecule has 2 atom stereocenters. The quantitative estimate of drug-likeness (QED) is 0.749. The van der Waals surface area contributed by atoms with E-state index in [2.05, 4.69) is 17.2 Å². The van der Waals surface area contributed by atoms with Crippen LogP contribution in [0.5, 0.6) is 0 Å². The van der Waals surface area contributed by atoms with Gasteiger partial charge in [0.05, 0.1) is 5.54 Å². The van der Waals surface area contributed by atoms with Crippen molar-refractivity contribution in [3.05, 3.63) is 24.5 Å². The highest BCUT2D eigenvalue weighted by atomic mass is 32.2. The molecule has 1 aromatic heterocycles. The topological polar surface area (TPSA) is 68.0 Å². The first-order valence-electron chi connectivity index (χ1n) is 6.64. The summed E-state index contributed by atoms with van der Waals surface area (Å²) >= 11 is 1.75. The Labute approximate surface area is 118 Å². The van der Waals surface area contributed by atoms with E-state index >= 15 is 0 Å². The zero-order valence-electron chi connectivity index (χ0n) is 11.4. The summed E-state index contributed by atoms with van der Waals surface area (Å²) in [6.07, 6.45) is 6.59. The standard InChI is InChI=1S/C14H21N3OS/c1-10(19-12-5-7-16-8-6-12)9-14(2,13(15)18)17-11-3-4-11/h5-8,10-11,17H,3-4,9H2,1-2H3,(H2,15,18). The van der Waals surface area contributed by atoms with E-state index < -0.39 is 5.54 Å². The van der Waals surface area contributed by atoms with Crippen LogP contribution in [0.15, 0.2) is 29.4 Å². The summed E-state index contributed by atoms with van der Waals surface area (Å²) in [6.45, 7) is 4.04. The van der Waals surface area contributed by atoms with Gasteiger partial charge in [-0.3, -0.25) is 9.78 Å². The molecule has 3 N–H and O–H groups in total. The normalized spacial score (nSPS) is 19.7. The predicted octanol–water partition coefficient (Wildman–Crippen LogP) is 1.95. The van der Waals surface area contributed by atoms with Crippen LogP contribution in [-0.2, 0) is 4.79 Å². The van der Waals surface area contributed by atoms with Crippen LogP contribution >= 0.6 is 11.8 Å². The molecule has 19 heavy (non-hydrogen) atoms. The number of pyridine rings is 1. The van der Waals surface area contributed by atoms with Gasteiger partial charge in [0, 0.05) is 28.6 Å². The zero-order valence-corrected chi connectivity index (χ0v) is 12.2. The van der Waals surface area contributed by atoms with Gasteiger partial charge in [-0.25, -0.2) is 0 Å². The number of carbonyl (C=O) groups is 1. The van der Waals surface area contributed by atoms with E-state index in [1.807, 2.05) is 19.1 Å². The van der Waals surface area contributed by atoms with Crippen molar-refractivity contribution in [2.75, 3.05) is 0 Å². The predicted molar refractivity (Wildman–Crippen MR) is 77.9 cm³/mol. The molecular formula is C14H21N3OS. The van der Waals surface area contributed by atoms with Crippen molar-refractivity contribution in [1.82, 2.24) is 10.3 Å². The number of carbonyl (C=O) groups excluding carboxylic acids is 1. The Morgan fingerprint density at radius 3 is 2.74 bits per heavy atom. The molecule has 0 radical (unpaired) electrons. The molecule has 0 spiro atoms. The molecule has 1 amide bonds. The SMILES string of the molecule is CC(CC(C)(NC1CC1)C(N)=O)Sc1ccncc1. The lowest BCUT2D eigenvalue weighted by atomic mass is 9.95. The molecule has 0 saturated heterocycles. The molecule has 5 heteroatoms. The molecule has 0 aromatic carbocycles. The third-order valence-electron chi connectivity index (χ3n) is 3.33. The van der Waals surface area contributed by atoms with Gasteiger partial charge in [0.1, 0.15) is 0 Å². The lowest BCUT2D eigenvalue weighted by Gasteiger charge is -2.30. The van der Waals surface area contributed by atoms with Gasteiger partial charge < -0.3 is 11.1 Å². The molecule has 2 unspecified atom stereocenters. The van der Waals surface area contributed by atoms with Crippen molar-refractivity contribution in [1.29, 1.82) is 0 Å². The fourth-order valence-corrected chi connectivity index (χ4v) is 3.33. The summed E-state index contributed by atoms with van der Waals surface area (Å²) in [5.74, 6) is -0.262. The van der Waals surface area contributed by atoms with E-state index in [0.29, 0.717) is 11.3 Å². The Bertz CT molecular complexity index is 436. The molecule has 1 heterocycles. The number of hydrogen-bond donors (Lipinski definition) is 2. The first-order chi connectivity index (χ1) is 8.99. The molecule has 2 rings (SSSR count). The summed E-state index contributed by atoms with van der Waals surface area (Å²) in [7, 11) is 0. The van der Waals surface area contributed by atoms with Crippen molar-refractivity contribution >= 4 is 17.7 Å². The molecule has 1 aliphatic rings. The highest BCUT2D eigenvalue weighted by Gasteiger charge is 2.38. The Balaban J connectivity index is 1.94. The maximum atomic E-state index is 11.7. The first-order valence-corrected chi connectivity index (χ1v) is 7.52. The van der Waals surface area contributed by atoms with Crippen LogP contribution in [0, 0.1) is 0 Å². The number of nitrogens with zero attached hydrogens (tertiary/aromatic N) is 1. The smallest absolute Gasteiger partial charge is 0.237 e. The number of primary amides is 1. The summed E-state index contributed by atoms with van der Waals surface area (Å²) in [5, 5.41) is 3.69. The fourth-order valence-electron chi connectivity index (χ4n) is 2.17. The average molecular weight is 279 g/mol. The highest BCUT2D eigenvalue weighted by Crippen LogP contribution is 2.30. The highest BCUT2D eigenvalue weighted by molar-refractivity contribution is 7.99. The van der Waals surface area contributed by atoms with Crippen molar-refractivity contribution < 1.29 is 4.79 Å². The molecule has 4 nitrogen and oxygen atoms in total. The Morgan fingerprint density at radius 1 is 1.58 bits per heavy atom. The third kappa shape index (κ3) is 4.21. The van der Waals surface area contributed by atoms with Gasteiger partial charge in [-0.15, -0.1) is 11.8 Å². The van der Waals surface area contributed by atoms with Crippen LogP contribution < -0.4 is 11.1 Å². The van der Waals surface area contributed by atoms with E-state index in [1.165, 1.54) is 4.90 Å². The third-order valence-corrected chi connectivity index (χ3v) is 4.44. The molecular weight excluding hydrogens is 258 g/mol. The van der Waals surface area contributed by atoms with Crippen molar-refractivity contribution in [3.8, 4) is 0 Å². The van der Waals surface area contributed by atoms with E-state index in [1.54, 1.807) is 24.2 Å². The average Bonchev–Trinajstić information content (AvgIpc) is 3.13. The van der Waals surface area contributed by atoms with Crippen LogP contribution in [0.4, 0.5) is 0 Å². The van der Waals surface area contributed by atoms with E-state index in [9.17, 15) is 4.79 Å². The van der Waals surface area contributed by atoms with Crippen LogP contribution in [0.25, 0.3) is 0 Å². The maximum absolute atomic E-state index is 11.7. The van der Waals surface area contributed by atoms with Gasteiger partial charge in [-0.05, 0) is 38.3 Å². The summed E-state index contributed by atoms with van der Waals surface area (Å²) in [5.41, 5.74) is 4.96. The zero-order chi connectivity index (χ0) is 13.9. The molecule has 1 fully saturated rings. The Morgan fingerprint density at radius 2 is 2.21 bits per heavy atom. The van der Waals surface area contributed by atoms with Gasteiger partial charge in [0.15, 0.2) is 0 Å². The minimum Gasteiger partial charge on any atom is -0.368 e. The number of amides is 1. The monoisotopic (exact) mass is 279 g/mol. The van der Waals surface area contributed by atoms with Gasteiger partial charge in [-0.2, -0.15) is 0 Å². The van der Waals surface area contributed by atoms with Crippen LogP contribution in [-0.4, -0.2) is 27.7 Å². The molecule has 1 saturated carbocycles. The van der Waals surface area contributed by atoms with Crippen molar-refractivity contribution in [2.24, 2.45) is 5.73 Å². The number of rotatable bonds is 7. The lowest BCUT2D eigenvalue weighted by Crippen LogP contribution is -2.55. The summed E-state index contributed by atoms with van der Waals surface area (Å²) in [6, 6.07) is 4.43. The molecule has 1 aliphatic carbocycles. The van der Waals surface area contributed by atoms with Crippen LogP contribution in [0.3, 0.4) is 0 Å². The maximum Gasteiger partial charge on any atom is 0.237 e. The number of nitrogens with one attached hydrogen (secondary N) is 1. The largest absolute Gasteiger partial charge is 0.368 e. The fraction of sp³-hybridized carbons (Fsp3) is 0.571. The van der Waals surface area contributed by atoms with E-state index in [4.69, 9.17) is 5.73 Å². The minimum atomic E-state index is -0.611. The van der Waals surface area contributed by atoms with Gasteiger partial charge >= 0.3 is 0 Å². The first kappa shape index (κ1) is 14.3. The van der Waals surface area contributed by atoms with E-state index in [0.717, 1.165) is 19.3 Å². The minimum absolute atomic E-state index is 0.262. The van der Waals surface area contributed by atoms with Crippen LogP contribution in [0.1, 0.15) is 33.1 Å². The lowest BCUT2D eigenvalue weighted by molar-refractivity contribution is -0.124. The molecule has 0 bridgehead atoms. The summed E-state index contributed by atoms with van der Waals surface area (Å²) < 4.78 is 0.